The minimum Gasteiger partial charge on any atom is -0.506 e. The van der Waals surface area contributed by atoms with Crippen LogP contribution in [0.3, 0.4) is 0 Å². The van der Waals surface area contributed by atoms with Gasteiger partial charge in [-0.1, -0.05) is 72.8 Å². The zero-order chi connectivity index (χ0) is 26.2. The van der Waals surface area contributed by atoms with Crippen molar-refractivity contribution in [1.82, 2.24) is 5.32 Å². The molecule has 8 heteroatoms. The van der Waals surface area contributed by atoms with Gasteiger partial charge in [-0.05, 0) is 91.7 Å². The van der Waals surface area contributed by atoms with Gasteiger partial charge in [-0.25, -0.2) is 4.79 Å². The molecule has 0 saturated carbocycles. The van der Waals surface area contributed by atoms with Gasteiger partial charge in [-0.2, -0.15) is 0 Å². The minimum absolute atomic E-state index is 0.0942. The molecule has 0 bridgehead atoms. The highest BCUT2D eigenvalue weighted by atomic mass is 127. The van der Waals surface area contributed by atoms with E-state index in [1.54, 1.807) is 12.1 Å². The van der Waals surface area contributed by atoms with Crippen LogP contribution in [0.1, 0.15) is 11.1 Å². The summed E-state index contributed by atoms with van der Waals surface area (Å²) in [7, 11) is 0. The van der Waals surface area contributed by atoms with Crippen molar-refractivity contribution in [2.75, 3.05) is 5.32 Å². The molecule has 0 saturated heterocycles. The molecule has 0 aromatic heterocycles. The summed E-state index contributed by atoms with van der Waals surface area (Å²) in [4.78, 5) is 25.9. The van der Waals surface area contributed by atoms with Crippen LogP contribution in [0.2, 0.25) is 0 Å². The van der Waals surface area contributed by atoms with E-state index in [2.05, 4.69) is 10.6 Å². The van der Waals surface area contributed by atoms with Gasteiger partial charge in [-0.15, -0.1) is 0 Å². The molecule has 0 aliphatic rings. The molecule has 4 rings (SSSR count). The Kier molecular flexibility index (Phi) is 9.40. The van der Waals surface area contributed by atoms with Crippen LogP contribution in [0.25, 0.3) is 11.1 Å². The van der Waals surface area contributed by atoms with Gasteiger partial charge in [-0.3, -0.25) is 4.79 Å². The molecule has 0 radical (unpaired) electrons. The average molecular weight is 718 g/mol. The van der Waals surface area contributed by atoms with Crippen LogP contribution in [-0.2, 0) is 22.6 Å². The first kappa shape index (κ1) is 26.9. The van der Waals surface area contributed by atoms with E-state index >= 15 is 0 Å². The second kappa shape index (κ2) is 12.9. The van der Waals surface area contributed by atoms with Crippen molar-refractivity contribution in [3.05, 3.63) is 115 Å². The average Bonchev–Trinajstić information content (AvgIpc) is 2.91. The van der Waals surface area contributed by atoms with Gasteiger partial charge in [0.2, 0.25) is 5.91 Å². The normalized spacial score (nSPS) is 11.4. The van der Waals surface area contributed by atoms with Crippen LogP contribution >= 0.6 is 45.2 Å². The highest BCUT2D eigenvalue weighted by Crippen LogP contribution is 2.28. The molecule has 37 heavy (non-hydrogen) atoms. The standard InChI is InChI=1S/C29H24I2N2O4/c30-24-15-20(16-25(31)27(24)34)17-26(33-29(36)37-18-19-7-3-1-4-8-19)28(35)32-23-13-11-22(12-14-23)21-9-5-2-6-10-21/h1-16,26,34H,17-18H2,(H,32,35)(H,33,36)/t26-/m0/s1. The van der Waals surface area contributed by atoms with E-state index in [1.807, 2.05) is 130 Å². The summed E-state index contributed by atoms with van der Waals surface area (Å²) in [6.45, 7) is 0.0942. The smallest absolute Gasteiger partial charge is 0.408 e. The highest BCUT2D eigenvalue weighted by molar-refractivity contribution is 14.1. The predicted molar refractivity (Wildman–Crippen MR) is 161 cm³/mol. The molecule has 1 atom stereocenters. The van der Waals surface area contributed by atoms with E-state index in [9.17, 15) is 14.7 Å². The van der Waals surface area contributed by atoms with Crippen molar-refractivity contribution in [3.63, 3.8) is 0 Å². The van der Waals surface area contributed by atoms with Gasteiger partial charge in [0, 0.05) is 12.1 Å². The number of rotatable bonds is 8. The maximum atomic E-state index is 13.3. The summed E-state index contributed by atoms with van der Waals surface area (Å²) >= 11 is 4.09. The van der Waals surface area contributed by atoms with E-state index < -0.39 is 12.1 Å². The van der Waals surface area contributed by atoms with Crippen molar-refractivity contribution in [1.29, 1.82) is 0 Å². The van der Waals surface area contributed by atoms with Crippen LogP contribution < -0.4 is 10.6 Å². The Morgan fingerprint density at radius 2 is 1.35 bits per heavy atom. The lowest BCUT2D eigenvalue weighted by molar-refractivity contribution is -0.118. The van der Waals surface area contributed by atoms with E-state index in [1.165, 1.54) is 0 Å². The summed E-state index contributed by atoms with van der Waals surface area (Å²) in [5.41, 5.74) is 4.38. The molecular weight excluding hydrogens is 694 g/mol. The lowest BCUT2D eigenvalue weighted by atomic mass is 10.0. The molecular formula is C29H24I2N2O4. The molecule has 0 fully saturated rings. The fourth-order valence-electron chi connectivity index (χ4n) is 3.69. The second-order valence-corrected chi connectivity index (χ2v) is 10.6. The molecule has 0 unspecified atom stereocenters. The summed E-state index contributed by atoms with van der Waals surface area (Å²) in [5, 5.41) is 15.7. The fourth-order valence-corrected chi connectivity index (χ4v) is 5.59. The second-order valence-electron chi connectivity index (χ2n) is 8.30. The van der Waals surface area contributed by atoms with Gasteiger partial charge in [0.1, 0.15) is 18.4 Å². The Labute approximate surface area is 242 Å². The lowest BCUT2D eigenvalue weighted by Crippen LogP contribution is -2.45. The predicted octanol–water partition coefficient (Wildman–Crippen LogP) is 6.74. The maximum Gasteiger partial charge on any atom is 0.408 e. The molecule has 2 amide bonds. The number of phenols is 1. The lowest BCUT2D eigenvalue weighted by Gasteiger charge is -2.19. The number of benzene rings is 4. The highest BCUT2D eigenvalue weighted by Gasteiger charge is 2.23. The van der Waals surface area contributed by atoms with Crippen molar-refractivity contribution < 1.29 is 19.4 Å². The Bertz CT molecular complexity index is 1340. The van der Waals surface area contributed by atoms with Crippen molar-refractivity contribution in [2.24, 2.45) is 0 Å². The van der Waals surface area contributed by atoms with E-state index in [0.717, 1.165) is 22.3 Å². The Hall–Kier alpha value is -3.12. The summed E-state index contributed by atoms with van der Waals surface area (Å²) in [6.07, 6.45) is -0.465. The Balaban J connectivity index is 1.48. The summed E-state index contributed by atoms with van der Waals surface area (Å²) in [5.74, 6) is -0.179. The SMILES string of the molecule is O=C(N[C@@H](Cc1cc(I)c(O)c(I)c1)C(=O)Nc1ccc(-c2ccccc2)cc1)OCc1ccccc1. The number of nitrogens with one attached hydrogen (secondary N) is 2. The van der Waals surface area contributed by atoms with Gasteiger partial charge in [0.05, 0.1) is 7.14 Å². The third-order valence-electron chi connectivity index (χ3n) is 5.60. The third-order valence-corrected chi connectivity index (χ3v) is 7.24. The third kappa shape index (κ3) is 7.68. The molecule has 6 nitrogen and oxygen atoms in total. The number of alkyl carbamates (subject to hydrolysis) is 1. The number of hydrogen-bond acceptors (Lipinski definition) is 4. The molecule has 4 aromatic carbocycles. The number of aromatic hydroxyl groups is 1. The van der Waals surface area contributed by atoms with Crippen molar-refractivity contribution >= 4 is 62.9 Å². The first-order valence-electron chi connectivity index (χ1n) is 11.5. The van der Waals surface area contributed by atoms with Crippen molar-refractivity contribution in [2.45, 2.75) is 19.1 Å². The number of carbonyl (C=O) groups is 2. The van der Waals surface area contributed by atoms with Crippen molar-refractivity contribution in [3.8, 4) is 16.9 Å². The van der Waals surface area contributed by atoms with Crippen LogP contribution in [0.4, 0.5) is 10.5 Å². The monoisotopic (exact) mass is 718 g/mol. The maximum absolute atomic E-state index is 13.3. The van der Waals surface area contributed by atoms with Gasteiger partial charge in [0.25, 0.3) is 0 Å². The van der Waals surface area contributed by atoms with E-state index in [0.29, 0.717) is 12.8 Å². The summed E-state index contributed by atoms with van der Waals surface area (Å²) < 4.78 is 6.69. The quantitative estimate of drug-likeness (QED) is 0.176. The zero-order valence-corrected chi connectivity index (χ0v) is 24.0. The van der Waals surface area contributed by atoms with Gasteiger partial charge < -0.3 is 20.5 Å². The number of phenolic OH excluding ortho intramolecular Hbond substituents is 1. The van der Waals surface area contributed by atoms with Gasteiger partial charge in [0.15, 0.2) is 0 Å². The van der Waals surface area contributed by atoms with E-state index in [4.69, 9.17) is 4.74 Å². The molecule has 3 N–H and O–H groups in total. The molecule has 0 aliphatic heterocycles. The van der Waals surface area contributed by atoms with Crippen LogP contribution in [0.15, 0.2) is 97.1 Å². The molecule has 188 valence electrons. The Morgan fingerprint density at radius 1 is 0.784 bits per heavy atom. The van der Waals surface area contributed by atoms with Gasteiger partial charge >= 0.3 is 6.09 Å². The minimum atomic E-state index is -0.895. The number of amides is 2. The summed E-state index contributed by atoms with van der Waals surface area (Å²) in [6, 6.07) is 29.5. The largest absolute Gasteiger partial charge is 0.506 e. The first-order chi connectivity index (χ1) is 17.9. The topological polar surface area (TPSA) is 87.7 Å². The zero-order valence-electron chi connectivity index (χ0n) is 19.7. The fraction of sp³-hybridized carbons (Fsp3) is 0.103. The molecule has 0 aliphatic carbocycles. The number of carbonyl (C=O) groups excluding carboxylic acids is 2. The molecule has 4 aromatic rings. The van der Waals surface area contributed by atoms with Crippen LogP contribution in [0.5, 0.6) is 5.75 Å². The number of hydrogen-bond donors (Lipinski definition) is 3. The number of halogens is 2. The number of ether oxygens (including phenoxy) is 1. The van der Waals surface area contributed by atoms with Crippen LogP contribution in [0, 0.1) is 7.14 Å². The Morgan fingerprint density at radius 3 is 1.97 bits per heavy atom. The molecule has 0 heterocycles. The first-order valence-corrected chi connectivity index (χ1v) is 13.7. The van der Waals surface area contributed by atoms with E-state index in [-0.39, 0.29) is 24.7 Å². The van der Waals surface area contributed by atoms with Crippen LogP contribution in [-0.4, -0.2) is 23.1 Å². The number of anilines is 1. The molecule has 0 spiro atoms.